The molecule has 0 aliphatic heterocycles. The number of rotatable bonds is 7. The molecule has 6 nitrogen and oxygen atoms in total. The van der Waals surface area contributed by atoms with Crippen LogP contribution in [0.15, 0.2) is 48.5 Å². The summed E-state index contributed by atoms with van der Waals surface area (Å²) in [6, 6.07) is 15.7. The highest BCUT2D eigenvalue weighted by Gasteiger charge is 2.18. The van der Waals surface area contributed by atoms with Crippen LogP contribution in [0, 0.1) is 11.3 Å². The molecule has 0 saturated heterocycles. The average Bonchev–Trinajstić information content (AvgIpc) is 2.68. The number of carbonyl (C=O) groups is 2. The van der Waals surface area contributed by atoms with E-state index >= 15 is 0 Å². The highest BCUT2D eigenvalue weighted by atomic mass is 16.5. The van der Waals surface area contributed by atoms with E-state index in [1.54, 1.807) is 19.2 Å². The Morgan fingerprint density at radius 1 is 1.19 bits per heavy atom. The SMILES string of the molecule is COc1ccc(CCNC(=O)C(C)OC(=O)c2cccc(C#N)c2)cc1. The molecule has 0 fully saturated rings. The fraction of sp³-hybridized carbons (Fsp3) is 0.250. The molecule has 2 rings (SSSR count). The maximum Gasteiger partial charge on any atom is 0.338 e. The molecule has 0 bridgehead atoms. The largest absolute Gasteiger partial charge is 0.497 e. The molecule has 2 aromatic carbocycles. The normalized spacial score (nSPS) is 11.1. The lowest BCUT2D eigenvalue weighted by atomic mass is 10.1. The van der Waals surface area contributed by atoms with Crippen LogP contribution in [0.25, 0.3) is 0 Å². The average molecular weight is 352 g/mol. The lowest BCUT2D eigenvalue weighted by Crippen LogP contribution is -2.36. The Balaban J connectivity index is 1.81. The van der Waals surface area contributed by atoms with Gasteiger partial charge >= 0.3 is 5.97 Å². The molecular formula is C20H20N2O4. The third-order valence-corrected chi connectivity index (χ3v) is 3.75. The van der Waals surface area contributed by atoms with Gasteiger partial charge in [0.1, 0.15) is 5.75 Å². The van der Waals surface area contributed by atoms with E-state index in [-0.39, 0.29) is 11.5 Å². The second-order valence-corrected chi connectivity index (χ2v) is 5.63. The maximum absolute atomic E-state index is 12.1. The van der Waals surface area contributed by atoms with Crippen molar-refractivity contribution in [3.05, 3.63) is 65.2 Å². The molecule has 0 heterocycles. The zero-order chi connectivity index (χ0) is 18.9. The Morgan fingerprint density at radius 3 is 2.58 bits per heavy atom. The van der Waals surface area contributed by atoms with E-state index in [9.17, 15) is 9.59 Å². The van der Waals surface area contributed by atoms with Crippen molar-refractivity contribution in [1.29, 1.82) is 5.26 Å². The molecular weight excluding hydrogens is 332 g/mol. The number of methoxy groups -OCH3 is 1. The van der Waals surface area contributed by atoms with Gasteiger partial charge in [-0.25, -0.2) is 4.79 Å². The van der Waals surface area contributed by atoms with Gasteiger partial charge in [0, 0.05) is 6.54 Å². The number of hydrogen-bond donors (Lipinski definition) is 1. The highest BCUT2D eigenvalue weighted by molar-refractivity contribution is 5.92. The van der Waals surface area contributed by atoms with Crippen LogP contribution in [-0.4, -0.2) is 31.6 Å². The smallest absolute Gasteiger partial charge is 0.338 e. The Hall–Kier alpha value is -3.33. The summed E-state index contributed by atoms with van der Waals surface area (Å²) < 4.78 is 10.2. The molecule has 0 saturated carbocycles. The summed E-state index contributed by atoms with van der Waals surface area (Å²) in [5.74, 6) is -0.234. The molecule has 0 spiro atoms. The lowest BCUT2D eigenvalue weighted by molar-refractivity contribution is -0.129. The van der Waals surface area contributed by atoms with Crippen molar-refractivity contribution in [2.24, 2.45) is 0 Å². The third-order valence-electron chi connectivity index (χ3n) is 3.75. The molecule has 134 valence electrons. The highest BCUT2D eigenvalue weighted by Crippen LogP contribution is 2.11. The molecule has 1 unspecified atom stereocenters. The summed E-state index contributed by atoms with van der Waals surface area (Å²) in [6.07, 6.45) is -0.273. The van der Waals surface area contributed by atoms with Crippen LogP contribution in [0.3, 0.4) is 0 Å². The third kappa shape index (κ3) is 5.35. The second kappa shape index (κ2) is 9.23. The van der Waals surface area contributed by atoms with E-state index < -0.39 is 12.1 Å². The molecule has 1 atom stereocenters. The van der Waals surface area contributed by atoms with Gasteiger partial charge in [0.05, 0.1) is 24.3 Å². The van der Waals surface area contributed by atoms with Crippen molar-refractivity contribution < 1.29 is 19.1 Å². The van der Waals surface area contributed by atoms with Gasteiger partial charge in [-0.2, -0.15) is 5.26 Å². The van der Waals surface area contributed by atoms with Crippen molar-refractivity contribution in [2.75, 3.05) is 13.7 Å². The quantitative estimate of drug-likeness (QED) is 0.773. The van der Waals surface area contributed by atoms with Crippen molar-refractivity contribution in [3.63, 3.8) is 0 Å². The molecule has 1 N–H and O–H groups in total. The number of nitriles is 1. The maximum atomic E-state index is 12.1. The van der Waals surface area contributed by atoms with Gasteiger partial charge in [-0.15, -0.1) is 0 Å². The molecule has 2 aromatic rings. The van der Waals surface area contributed by atoms with Crippen LogP contribution < -0.4 is 10.1 Å². The number of ether oxygens (including phenoxy) is 2. The minimum absolute atomic E-state index is 0.238. The Labute approximate surface area is 152 Å². The van der Waals surface area contributed by atoms with Crippen LogP contribution in [0.1, 0.15) is 28.4 Å². The second-order valence-electron chi connectivity index (χ2n) is 5.63. The Bertz CT molecular complexity index is 809. The Morgan fingerprint density at radius 2 is 1.92 bits per heavy atom. The summed E-state index contributed by atoms with van der Waals surface area (Å²) in [7, 11) is 1.61. The number of amides is 1. The number of hydrogen-bond acceptors (Lipinski definition) is 5. The number of benzene rings is 2. The van der Waals surface area contributed by atoms with Crippen LogP contribution >= 0.6 is 0 Å². The van der Waals surface area contributed by atoms with Gasteiger partial charge in [0.25, 0.3) is 5.91 Å². The predicted octanol–water partition coefficient (Wildman–Crippen LogP) is 2.47. The number of carbonyl (C=O) groups excluding carboxylic acids is 2. The predicted molar refractivity (Wildman–Crippen MR) is 95.7 cm³/mol. The van der Waals surface area contributed by atoms with E-state index in [0.29, 0.717) is 18.5 Å². The minimum atomic E-state index is -0.927. The first-order chi connectivity index (χ1) is 12.5. The van der Waals surface area contributed by atoms with E-state index in [1.807, 2.05) is 30.3 Å². The van der Waals surface area contributed by atoms with Gasteiger partial charge in [-0.05, 0) is 49.2 Å². The molecule has 1 amide bonds. The first kappa shape index (κ1) is 19.0. The summed E-state index contributed by atoms with van der Waals surface area (Å²) in [5.41, 5.74) is 1.65. The minimum Gasteiger partial charge on any atom is -0.497 e. The number of esters is 1. The van der Waals surface area contributed by atoms with E-state index in [1.165, 1.54) is 19.1 Å². The monoisotopic (exact) mass is 352 g/mol. The molecule has 0 aliphatic rings. The Kier molecular flexibility index (Phi) is 6.75. The molecule has 6 heteroatoms. The summed E-state index contributed by atoms with van der Waals surface area (Å²) in [5, 5.41) is 11.6. The van der Waals surface area contributed by atoms with E-state index in [2.05, 4.69) is 5.32 Å². The van der Waals surface area contributed by atoms with Gasteiger partial charge in [-0.1, -0.05) is 18.2 Å². The van der Waals surface area contributed by atoms with Gasteiger partial charge in [0.15, 0.2) is 6.10 Å². The van der Waals surface area contributed by atoms with E-state index in [4.69, 9.17) is 14.7 Å². The molecule has 0 radical (unpaired) electrons. The summed E-state index contributed by atoms with van der Waals surface area (Å²) >= 11 is 0. The first-order valence-electron chi connectivity index (χ1n) is 8.15. The molecule has 0 aliphatic carbocycles. The fourth-order valence-corrected chi connectivity index (χ4v) is 2.26. The number of nitrogens with one attached hydrogen (secondary N) is 1. The van der Waals surface area contributed by atoms with Gasteiger partial charge in [-0.3, -0.25) is 4.79 Å². The molecule has 0 aromatic heterocycles. The van der Waals surface area contributed by atoms with Gasteiger partial charge in [0.2, 0.25) is 0 Å². The van der Waals surface area contributed by atoms with Crippen LogP contribution in [-0.2, 0) is 16.0 Å². The van der Waals surface area contributed by atoms with Crippen molar-refractivity contribution in [3.8, 4) is 11.8 Å². The van der Waals surface area contributed by atoms with Crippen molar-refractivity contribution in [1.82, 2.24) is 5.32 Å². The van der Waals surface area contributed by atoms with Crippen LogP contribution in [0.4, 0.5) is 0 Å². The zero-order valence-corrected chi connectivity index (χ0v) is 14.7. The van der Waals surface area contributed by atoms with Gasteiger partial charge < -0.3 is 14.8 Å². The standard InChI is InChI=1S/C20H20N2O4/c1-14(26-20(24)17-5-3-4-16(12-17)13-21)19(23)22-11-10-15-6-8-18(25-2)9-7-15/h3-9,12,14H,10-11H2,1-2H3,(H,22,23). The summed E-state index contributed by atoms with van der Waals surface area (Å²) in [6.45, 7) is 1.94. The summed E-state index contributed by atoms with van der Waals surface area (Å²) in [4.78, 5) is 24.1. The first-order valence-corrected chi connectivity index (χ1v) is 8.15. The van der Waals surface area contributed by atoms with Crippen LogP contribution in [0.5, 0.6) is 5.75 Å². The fourth-order valence-electron chi connectivity index (χ4n) is 2.26. The molecule has 26 heavy (non-hydrogen) atoms. The topological polar surface area (TPSA) is 88.4 Å². The van der Waals surface area contributed by atoms with Crippen molar-refractivity contribution >= 4 is 11.9 Å². The zero-order valence-electron chi connectivity index (χ0n) is 14.7. The van der Waals surface area contributed by atoms with Crippen molar-refractivity contribution in [2.45, 2.75) is 19.4 Å². The number of nitrogens with zero attached hydrogens (tertiary/aromatic N) is 1. The lowest BCUT2D eigenvalue weighted by Gasteiger charge is -2.13. The van der Waals surface area contributed by atoms with Crippen LogP contribution in [0.2, 0.25) is 0 Å². The van der Waals surface area contributed by atoms with E-state index in [0.717, 1.165) is 11.3 Å².